The van der Waals surface area contributed by atoms with Gasteiger partial charge in [-0.1, -0.05) is 12.1 Å². The number of amides is 2. The Balaban J connectivity index is 1.68. The molecule has 9 heteroatoms. The van der Waals surface area contributed by atoms with Crippen LogP contribution in [0.4, 0.5) is 5.00 Å². The van der Waals surface area contributed by atoms with Gasteiger partial charge in [-0.25, -0.2) is 10.2 Å². The van der Waals surface area contributed by atoms with Crippen LogP contribution in [0.2, 0.25) is 0 Å². The number of esters is 1. The van der Waals surface area contributed by atoms with Crippen molar-refractivity contribution in [1.29, 1.82) is 0 Å². The fourth-order valence-electron chi connectivity index (χ4n) is 3.07. The lowest BCUT2D eigenvalue weighted by Crippen LogP contribution is -2.32. The van der Waals surface area contributed by atoms with E-state index in [1.54, 1.807) is 31.4 Å². The van der Waals surface area contributed by atoms with Gasteiger partial charge in [-0.15, -0.1) is 11.3 Å². The second kappa shape index (κ2) is 9.33. The summed E-state index contributed by atoms with van der Waals surface area (Å²) in [5.74, 6) is -1.71. The van der Waals surface area contributed by atoms with Gasteiger partial charge in [-0.3, -0.25) is 9.59 Å². The van der Waals surface area contributed by atoms with Crippen molar-refractivity contribution in [3.8, 4) is 5.75 Å². The van der Waals surface area contributed by atoms with Gasteiger partial charge in [-0.05, 0) is 48.9 Å². The number of hydrogen-bond donors (Lipinski definition) is 2. The molecule has 1 aromatic carbocycles. The third-order valence-electron chi connectivity index (χ3n) is 4.47. The monoisotopic (exact) mass is 415 g/mol. The minimum Gasteiger partial charge on any atom is -0.497 e. The Bertz CT molecular complexity index is 967. The molecule has 0 saturated heterocycles. The van der Waals surface area contributed by atoms with E-state index in [0.29, 0.717) is 21.9 Å². The molecule has 1 aromatic heterocycles. The first-order valence-electron chi connectivity index (χ1n) is 9.04. The van der Waals surface area contributed by atoms with Crippen molar-refractivity contribution in [2.45, 2.75) is 25.7 Å². The number of hydrogen-bond acceptors (Lipinski definition) is 7. The number of ether oxygens (including phenoxy) is 2. The highest BCUT2D eigenvalue weighted by Crippen LogP contribution is 2.38. The van der Waals surface area contributed by atoms with E-state index in [2.05, 4.69) is 15.8 Å². The van der Waals surface area contributed by atoms with Crippen LogP contribution in [0, 0.1) is 0 Å². The van der Waals surface area contributed by atoms with E-state index in [9.17, 15) is 14.4 Å². The largest absolute Gasteiger partial charge is 0.497 e. The van der Waals surface area contributed by atoms with Crippen LogP contribution >= 0.6 is 11.3 Å². The van der Waals surface area contributed by atoms with Crippen LogP contribution in [0.3, 0.4) is 0 Å². The molecule has 2 amide bonds. The molecule has 0 spiro atoms. The second-order valence-corrected chi connectivity index (χ2v) is 7.44. The number of benzene rings is 1. The summed E-state index contributed by atoms with van der Waals surface area (Å²) in [6.07, 6.45) is 5.00. The predicted octanol–water partition coefficient (Wildman–Crippen LogP) is 2.51. The predicted molar refractivity (Wildman–Crippen MR) is 110 cm³/mol. The van der Waals surface area contributed by atoms with Crippen molar-refractivity contribution >= 4 is 40.3 Å². The van der Waals surface area contributed by atoms with Gasteiger partial charge in [-0.2, -0.15) is 5.10 Å². The number of methoxy groups -OCH3 is 2. The molecular weight excluding hydrogens is 394 g/mol. The van der Waals surface area contributed by atoms with E-state index in [1.807, 2.05) is 0 Å². The molecule has 1 aliphatic rings. The van der Waals surface area contributed by atoms with Crippen molar-refractivity contribution < 1.29 is 23.9 Å². The fraction of sp³-hybridized carbons (Fsp3) is 0.300. The number of aryl methyl sites for hydroxylation is 1. The number of rotatable bonds is 5. The molecule has 0 saturated carbocycles. The number of nitrogens with zero attached hydrogens (tertiary/aromatic N) is 1. The maximum absolute atomic E-state index is 12.3. The molecule has 0 unspecified atom stereocenters. The lowest BCUT2D eigenvalue weighted by Gasteiger charge is -2.11. The summed E-state index contributed by atoms with van der Waals surface area (Å²) in [6.45, 7) is 0. The zero-order valence-corrected chi connectivity index (χ0v) is 16.9. The number of fused-ring (bicyclic) bond motifs is 1. The molecule has 0 atom stereocenters. The van der Waals surface area contributed by atoms with Gasteiger partial charge in [0.25, 0.3) is 0 Å². The fourth-order valence-corrected chi connectivity index (χ4v) is 4.34. The van der Waals surface area contributed by atoms with Gasteiger partial charge in [0.2, 0.25) is 0 Å². The molecule has 1 aliphatic carbocycles. The number of hydrazone groups is 1. The standard InChI is InChI=1S/C20H21N3O5S/c1-27-13-7-5-6-12(10-13)11-21-23-18(25)17(24)22-19-16(20(26)28-2)14-8-3-4-9-15(14)29-19/h5-7,10-11H,3-4,8-9H2,1-2H3,(H,22,24)(H,23,25)/b21-11+. The molecule has 29 heavy (non-hydrogen) atoms. The van der Waals surface area contributed by atoms with Gasteiger partial charge < -0.3 is 14.8 Å². The van der Waals surface area contributed by atoms with E-state index < -0.39 is 17.8 Å². The topological polar surface area (TPSA) is 106 Å². The van der Waals surface area contributed by atoms with Gasteiger partial charge in [0.05, 0.1) is 26.0 Å². The Morgan fingerprint density at radius 1 is 1.14 bits per heavy atom. The van der Waals surface area contributed by atoms with Crippen molar-refractivity contribution in [3.63, 3.8) is 0 Å². The molecule has 1 heterocycles. The Kier molecular flexibility index (Phi) is 6.61. The van der Waals surface area contributed by atoms with Crippen LogP contribution in [0.25, 0.3) is 0 Å². The summed E-state index contributed by atoms with van der Waals surface area (Å²) in [4.78, 5) is 37.6. The van der Waals surface area contributed by atoms with Crippen LogP contribution < -0.4 is 15.5 Å². The molecule has 0 radical (unpaired) electrons. The van der Waals surface area contributed by atoms with E-state index in [1.165, 1.54) is 24.7 Å². The minimum absolute atomic E-state index is 0.334. The van der Waals surface area contributed by atoms with Crippen molar-refractivity contribution in [3.05, 3.63) is 45.8 Å². The van der Waals surface area contributed by atoms with Crippen LogP contribution in [0.1, 0.15) is 39.2 Å². The Morgan fingerprint density at radius 3 is 2.69 bits per heavy atom. The number of carbonyl (C=O) groups excluding carboxylic acids is 3. The first kappa shape index (κ1) is 20.5. The summed E-state index contributed by atoms with van der Waals surface area (Å²) in [6, 6.07) is 7.07. The van der Waals surface area contributed by atoms with Crippen molar-refractivity contribution in [2.75, 3.05) is 19.5 Å². The number of carbonyl (C=O) groups is 3. The number of anilines is 1. The number of nitrogens with one attached hydrogen (secondary N) is 2. The summed E-state index contributed by atoms with van der Waals surface area (Å²) in [7, 11) is 2.84. The summed E-state index contributed by atoms with van der Waals surface area (Å²) in [5.41, 5.74) is 4.12. The molecule has 0 fully saturated rings. The maximum atomic E-state index is 12.3. The van der Waals surface area contributed by atoms with Gasteiger partial charge in [0.1, 0.15) is 10.8 Å². The van der Waals surface area contributed by atoms with Crippen LogP contribution in [-0.2, 0) is 27.2 Å². The third kappa shape index (κ3) is 4.80. The highest BCUT2D eigenvalue weighted by atomic mass is 32.1. The molecular formula is C20H21N3O5S. The first-order valence-corrected chi connectivity index (χ1v) is 9.86. The molecule has 0 bridgehead atoms. The average Bonchev–Trinajstić information content (AvgIpc) is 3.11. The van der Waals surface area contributed by atoms with Crippen molar-refractivity contribution in [1.82, 2.24) is 5.43 Å². The molecule has 152 valence electrons. The molecule has 0 aliphatic heterocycles. The van der Waals surface area contributed by atoms with Crippen LogP contribution in [0.15, 0.2) is 29.4 Å². The van der Waals surface area contributed by atoms with Crippen molar-refractivity contribution in [2.24, 2.45) is 5.10 Å². The molecule has 8 nitrogen and oxygen atoms in total. The smallest absolute Gasteiger partial charge is 0.341 e. The van der Waals surface area contributed by atoms with Crippen LogP contribution in [-0.4, -0.2) is 38.2 Å². The highest BCUT2D eigenvalue weighted by molar-refractivity contribution is 7.17. The van der Waals surface area contributed by atoms with E-state index in [4.69, 9.17) is 9.47 Å². The van der Waals surface area contributed by atoms with Gasteiger partial charge in [0, 0.05) is 4.88 Å². The summed E-state index contributed by atoms with van der Waals surface area (Å²) in [5, 5.41) is 6.65. The quantitative estimate of drug-likeness (QED) is 0.338. The SMILES string of the molecule is COC(=O)c1c(NC(=O)C(=O)N/N=C/c2cccc(OC)c2)sc2c1CCCC2. The Hall–Kier alpha value is -3.20. The molecule has 2 aromatic rings. The Labute approximate surface area is 171 Å². The first-order chi connectivity index (χ1) is 14.0. The normalized spacial score (nSPS) is 12.9. The van der Waals surface area contributed by atoms with E-state index in [0.717, 1.165) is 36.1 Å². The minimum atomic E-state index is -0.939. The van der Waals surface area contributed by atoms with E-state index in [-0.39, 0.29) is 0 Å². The van der Waals surface area contributed by atoms with E-state index >= 15 is 0 Å². The third-order valence-corrected chi connectivity index (χ3v) is 5.67. The summed E-state index contributed by atoms with van der Waals surface area (Å²) >= 11 is 1.31. The summed E-state index contributed by atoms with van der Waals surface area (Å²) < 4.78 is 9.97. The molecule has 3 rings (SSSR count). The highest BCUT2D eigenvalue weighted by Gasteiger charge is 2.28. The van der Waals surface area contributed by atoms with Gasteiger partial charge in [0.15, 0.2) is 0 Å². The zero-order chi connectivity index (χ0) is 20.8. The van der Waals surface area contributed by atoms with Gasteiger partial charge >= 0.3 is 17.8 Å². The number of thiophene rings is 1. The van der Waals surface area contributed by atoms with Crippen LogP contribution in [0.5, 0.6) is 5.75 Å². The lowest BCUT2D eigenvalue weighted by molar-refractivity contribution is -0.136. The lowest BCUT2D eigenvalue weighted by atomic mass is 9.95. The zero-order valence-electron chi connectivity index (χ0n) is 16.1. The Morgan fingerprint density at radius 2 is 1.93 bits per heavy atom. The second-order valence-electron chi connectivity index (χ2n) is 6.34. The average molecular weight is 415 g/mol. The molecule has 2 N–H and O–H groups in total. The maximum Gasteiger partial charge on any atom is 0.341 e.